The highest BCUT2D eigenvalue weighted by Gasteiger charge is 2.11. The summed E-state index contributed by atoms with van der Waals surface area (Å²) in [6.07, 6.45) is 9.49. The van der Waals surface area contributed by atoms with Crippen molar-refractivity contribution < 1.29 is 0 Å². The van der Waals surface area contributed by atoms with Crippen molar-refractivity contribution in [3.8, 4) is 11.1 Å². The Bertz CT molecular complexity index is 588. The van der Waals surface area contributed by atoms with E-state index in [0.29, 0.717) is 0 Å². The summed E-state index contributed by atoms with van der Waals surface area (Å²) in [6.45, 7) is 9.07. The highest BCUT2D eigenvalue weighted by Crippen LogP contribution is 2.31. The number of aryl methyl sites for hydroxylation is 4. The van der Waals surface area contributed by atoms with E-state index in [-0.39, 0.29) is 0 Å². The zero-order chi connectivity index (χ0) is 17.4. The topological polar surface area (TPSA) is 0 Å². The monoisotopic (exact) mass is 321 g/mol. The molecule has 0 atom stereocenters. The smallest absolute Gasteiger partial charge is 0.0114 e. The van der Waals surface area contributed by atoms with Gasteiger partial charge in [0.15, 0.2) is 0 Å². The van der Waals surface area contributed by atoms with Crippen molar-refractivity contribution in [1.29, 1.82) is 0 Å². The maximum absolute atomic E-state index is 3.70. The maximum atomic E-state index is 3.70. The fourth-order valence-corrected chi connectivity index (χ4v) is 3.46. The third kappa shape index (κ3) is 4.72. The summed E-state index contributed by atoms with van der Waals surface area (Å²) in [6, 6.07) is 15.3. The van der Waals surface area contributed by atoms with E-state index < -0.39 is 0 Å². The van der Waals surface area contributed by atoms with Gasteiger partial charge in [-0.3, -0.25) is 0 Å². The van der Waals surface area contributed by atoms with E-state index in [1.54, 1.807) is 0 Å². The first-order chi connectivity index (χ1) is 11.7. The van der Waals surface area contributed by atoms with E-state index in [2.05, 4.69) is 64.1 Å². The SMILES string of the molecule is CCCCc1[c]c(CCCC)cc(-c2c(CC)cccc2CC)c1. The van der Waals surface area contributed by atoms with Crippen molar-refractivity contribution >= 4 is 0 Å². The Labute approximate surface area is 149 Å². The molecule has 0 nitrogen and oxygen atoms in total. The zero-order valence-electron chi connectivity index (χ0n) is 16.0. The molecular weight excluding hydrogens is 288 g/mol. The standard InChI is InChI=1S/C24H33/c1-5-9-12-19-16-20(13-10-6-2)18-23(17-19)24-21(7-3)14-11-15-22(24)8-4/h11,14-15,17-18H,5-10,12-13H2,1-4H3. The number of hydrogen-bond acceptors (Lipinski definition) is 0. The molecule has 1 radical (unpaired) electrons. The minimum absolute atomic E-state index is 1.09. The summed E-state index contributed by atoms with van der Waals surface area (Å²) in [4.78, 5) is 0. The maximum Gasteiger partial charge on any atom is -0.0114 e. The van der Waals surface area contributed by atoms with Gasteiger partial charge in [0.05, 0.1) is 0 Å². The van der Waals surface area contributed by atoms with Crippen LogP contribution in [-0.4, -0.2) is 0 Å². The lowest BCUT2D eigenvalue weighted by Gasteiger charge is -2.16. The summed E-state index contributed by atoms with van der Waals surface area (Å²) in [7, 11) is 0. The Morgan fingerprint density at radius 3 is 1.67 bits per heavy atom. The van der Waals surface area contributed by atoms with Crippen LogP contribution in [-0.2, 0) is 25.7 Å². The van der Waals surface area contributed by atoms with Gasteiger partial charge >= 0.3 is 0 Å². The third-order valence-electron chi connectivity index (χ3n) is 4.87. The molecule has 0 saturated carbocycles. The van der Waals surface area contributed by atoms with Crippen LogP contribution in [0.4, 0.5) is 0 Å². The number of rotatable bonds is 9. The van der Waals surface area contributed by atoms with Crippen molar-refractivity contribution in [3.05, 3.63) is 58.7 Å². The lowest BCUT2D eigenvalue weighted by atomic mass is 9.88. The number of unbranched alkanes of at least 4 members (excludes halogenated alkanes) is 2. The summed E-state index contributed by atoms with van der Waals surface area (Å²) in [5, 5.41) is 0. The fraction of sp³-hybridized carbons (Fsp3) is 0.500. The second-order valence-corrected chi connectivity index (χ2v) is 6.78. The average molecular weight is 322 g/mol. The molecule has 0 aromatic heterocycles. The van der Waals surface area contributed by atoms with Gasteiger partial charge in [-0.1, -0.05) is 70.9 Å². The van der Waals surface area contributed by atoms with E-state index in [9.17, 15) is 0 Å². The molecule has 129 valence electrons. The highest BCUT2D eigenvalue weighted by molar-refractivity contribution is 5.72. The van der Waals surface area contributed by atoms with Crippen LogP contribution in [0.5, 0.6) is 0 Å². The largest absolute Gasteiger partial charge is 0.0654 e. The van der Waals surface area contributed by atoms with Crippen LogP contribution >= 0.6 is 0 Å². The Hall–Kier alpha value is -1.56. The van der Waals surface area contributed by atoms with E-state index >= 15 is 0 Å². The van der Waals surface area contributed by atoms with Crippen LogP contribution in [0.2, 0.25) is 0 Å². The molecule has 0 saturated heterocycles. The quantitative estimate of drug-likeness (QED) is 0.468. The van der Waals surface area contributed by atoms with Crippen LogP contribution in [0.25, 0.3) is 11.1 Å². The summed E-state index contributed by atoms with van der Waals surface area (Å²) < 4.78 is 0. The molecule has 0 spiro atoms. The first-order valence-corrected chi connectivity index (χ1v) is 9.89. The molecule has 0 aliphatic carbocycles. The third-order valence-corrected chi connectivity index (χ3v) is 4.87. The molecule has 0 heteroatoms. The van der Waals surface area contributed by atoms with Crippen molar-refractivity contribution in [2.45, 2.75) is 79.1 Å². The molecule has 0 fully saturated rings. The molecule has 24 heavy (non-hydrogen) atoms. The van der Waals surface area contributed by atoms with E-state index in [4.69, 9.17) is 0 Å². The van der Waals surface area contributed by atoms with E-state index in [1.165, 1.54) is 59.1 Å². The predicted molar refractivity (Wildman–Crippen MR) is 107 cm³/mol. The van der Waals surface area contributed by atoms with Gasteiger partial charge in [0, 0.05) is 0 Å². The van der Waals surface area contributed by atoms with Crippen LogP contribution < -0.4 is 0 Å². The molecule has 2 aromatic rings. The molecule has 0 aliphatic heterocycles. The van der Waals surface area contributed by atoms with Gasteiger partial charge in [0.1, 0.15) is 0 Å². The van der Waals surface area contributed by atoms with Gasteiger partial charge in [0.2, 0.25) is 0 Å². The Balaban J connectivity index is 2.51. The van der Waals surface area contributed by atoms with Crippen molar-refractivity contribution in [2.24, 2.45) is 0 Å². The van der Waals surface area contributed by atoms with Crippen LogP contribution in [0.15, 0.2) is 30.3 Å². The Morgan fingerprint density at radius 2 is 1.25 bits per heavy atom. The van der Waals surface area contributed by atoms with E-state index in [1.807, 2.05) is 0 Å². The van der Waals surface area contributed by atoms with Gasteiger partial charge in [-0.25, -0.2) is 0 Å². The molecule has 0 heterocycles. The second-order valence-electron chi connectivity index (χ2n) is 6.78. The first-order valence-electron chi connectivity index (χ1n) is 9.89. The first kappa shape index (κ1) is 18.8. The molecular formula is C24H33. The normalized spacial score (nSPS) is 11.0. The lowest BCUT2D eigenvalue weighted by Crippen LogP contribution is -1.98. The number of hydrogen-bond donors (Lipinski definition) is 0. The van der Waals surface area contributed by atoms with Gasteiger partial charge in [-0.2, -0.15) is 0 Å². The second kappa shape index (κ2) is 9.67. The zero-order valence-corrected chi connectivity index (χ0v) is 16.0. The minimum Gasteiger partial charge on any atom is -0.0654 e. The predicted octanol–water partition coefficient (Wildman–Crippen LogP) is 6.96. The Kier molecular flexibility index (Phi) is 7.56. The van der Waals surface area contributed by atoms with Gasteiger partial charge in [0.25, 0.3) is 0 Å². The number of benzene rings is 2. The van der Waals surface area contributed by atoms with E-state index in [0.717, 1.165) is 25.7 Å². The van der Waals surface area contributed by atoms with Crippen LogP contribution in [0.1, 0.15) is 75.6 Å². The molecule has 0 unspecified atom stereocenters. The minimum atomic E-state index is 1.09. The van der Waals surface area contributed by atoms with Crippen molar-refractivity contribution in [1.82, 2.24) is 0 Å². The lowest BCUT2D eigenvalue weighted by molar-refractivity contribution is 0.779. The molecule has 0 N–H and O–H groups in total. The highest BCUT2D eigenvalue weighted by atomic mass is 14.2. The molecule has 0 aliphatic rings. The summed E-state index contributed by atoms with van der Waals surface area (Å²) in [5.41, 5.74) is 8.64. The van der Waals surface area contributed by atoms with Gasteiger partial charge in [-0.05, 0) is 78.0 Å². The molecule has 0 bridgehead atoms. The Morgan fingerprint density at radius 1 is 0.750 bits per heavy atom. The van der Waals surface area contributed by atoms with Crippen LogP contribution in [0, 0.1) is 6.07 Å². The average Bonchev–Trinajstić information content (AvgIpc) is 2.63. The van der Waals surface area contributed by atoms with Crippen LogP contribution in [0.3, 0.4) is 0 Å². The van der Waals surface area contributed by atoms with Gasteiger partial charge < -0.3 is 0 Å². The molecule has 0 amide bonds. The summed E-state index contributed by atoms with van der Waals surface area (Å²) in [5.74, 6) is 0. The van der Waals surface area contributed by atoms with Gasteiger partial charge in [-0.15, -0.1) is 0 Å². The van der Waals surface area contributed by atoms with Crippen molar-refractivity contribution in [2.75, 3.05) is 0 Å². The molecule has 2 rings (SSSR count). The fourth-order valence-electron chi connectivity index (χ4n) is 3.46. The van der Waals surface area contributed by atoms with Crippen molar-refractivity contribution in [3.63, 3.8) is 0 Å². The summed E-state index contributed by atoms with van der Waals surface area (Å²) >= 11 is 0. The molecule has 2 aromatic carbocycles.